The zero-order valence-electron chi connectivity index (χ0n) is 35.6. The standard InChI is InChI=1S/C62H40O2/c1-3-63-39-17-9-15-35(25-39)47-29-53-54(55-31-49-45-23-11-21-43-41-19-7-5-13-37(41)27-59(61(43)45)57(49)33-51(47)55)30-48(36-16-10-18-40(26-36)64-4-2)52-34-58-50(32-56(52)53)46-24-12-22-44-42-20-8-6-14-38(42)28-60(58)62(44)46/h5-34H,3-4H2,1-2H3. The Kier molecular flexibility index (Phi) is 7.40. The fraction of sp³-hybridized carbons (Fsp3) is 0.0645. The van der Waals surface area contributed by atoms with E-state index in [0.29, 0.717) is 13.2 Å². The summed E-state index contributed by atoms with van der Waals surface area (Å²) in [7, 11) is 0. The van der Waals surface area contributed by atoms with E-state index in [2.05, 4.69) is 196 Å². The number of hydrogen-bond acceptors (Lipinski definition) is 2. The monoisotopic (exact) mass is 816 g/mol. The Labute approximate surface area is 370 Å². The van der Waals surface area contributed by atoms with Gasteiger partial charge >= 0.3 is 0 Å². The van der Waals surface area contributed by atoms with Crippen molar-refractivity contribution in [3.05, 3.63) is 182 Å². The molecule has 300 valence electrons. The van der Waals surface area contributed by atoms with Gasteiger partial charge in [-0.15, -0.1) is 0 Å². The van der Waals surface area contributed by atoms with Crippen LogP contribution in [0, 0.1) is 0 Å². The smallest absolute Gasteiger partial charge is 0.119 e. The summed E-state index contributed by atoms with van der Waals surface area (Å²) in [5.74, 6) is 1.76. The Hall–Kier alpha value is -7.94. The van der Waals surface area contributed by atoms with Crippen LogP contribution in [0.3, 0.4) is 0 Å². The van der Waals surface area contributed by atoms with Gasteiger partial charge in [-0.2, -0.15) is 0 Å². The Balaban J connectivity index is 1.14. The van der Waals surface area contributed by atoms with Crippen molar-refractivity contribution >= 4 is 75.4 Å². The van der Waals surface area contributed by atoms with Crippen LogP contribution in [0.15, 0.2) is 182 Å². The maximum absolute atomic E-state index is 6.15. The molecule has 0 saturated heterocycles. The third kappa shape index (κ3) is 4.91. The molecule has 12 aromatic carbocycles. The summed E-state index contributed by atoms with van der Waals surface area (Å²) < 4.78 is 12.3. The normalized spacial score (nSPS) is 12.3. The molecule has 0 aromatic heterocycles. The number of benzene rings is 12. The first-order chi connectivity index (χ1) is 31.6. The van der Waals surface area contributed by atoms with Gasteiger partial charge in [0, 0.05) is 0 Å². The predicted molar refractivity (Wildman–Crippen MR) is 271 cm³/mol. The van der Waals surface area contributed by atoms with Crippen LogP contribution in [-0.4, -0.2) is 13.2 Å². The van der Waals surface area contributed by atoms with Crippen LogP contribution in [0.1, 0.15) is 13.8 Å². The topological polar surface area (TPSA) is 18.5 Å². The van der Waals surface area contributed by atoms with Gasteiger partial charge in [0.25, 0.3) is 0 Å². The van der Waals surface area contributed by atoms with Crippen LogP contribution >= 0.6 is 0 Å². The van der Waals surface area contributed by atoms with Crippen molar-refractivity contribution in [1.29, 1.82) is 0 Å². The Morgan fingerprint density at radius 3 is 1.11 bits per heavy atom. The molecule has 12 aromatic rings. The molecule has 0 bridgehead atoms. The molecular formula is C62H40O2. The maximum Gasteiger partial charge on any atom is 0.119 e. The van der Waals surface area contributed by atoms with Crippen molar-refractivity contribution in [2.24, 2.45) is 0 Å². The maximum atomic E-state index is 6.15. The second kappa shape index (κ2) is 13.3. The lowest BCUT2D eigenvalue weighted by atomic mass is 9.84. The quantitative estimate of drug-likeness (QED) is 0.156. The molecule has 2 nitrogen and oxygen atoms in total. The summed E-state index contributed by atoms with van der Waals surface area (Å²) in [6.07, 6.45) is 0. The zero-order chi connectivity index (χ0) is 42.2. The van der Waals surface area contributed by atoms with E-state index >= 15 is 0 Å². The van der Waals surface area contributed by atoms with Crippen LogP contribution in [-0.2, 0) is 0 Å². The van der Waals surface area contributed by atoms with Gasteiger partial charge in [0.05, 0.1) is 13.2 Å². The molecule has 2 heteroatoms. The molecule has 64 heavy (non-hydrogen) atoms. The minimum Gasteiger partial charge on any atom is -0.494 e. The van der Waals surface area contributed by atoms with E-state index in [1.165, 1.54) is 131 Å². The molecule has 2 aliphatic rings. The number of fused-ring (bicyclic) bond motifs is 15. The molecule has 0 unspecified atom stereocenters. The summed E-state index contributed by atoms with van der Waals surface area (Å²) in [6.45, 7) is 5.33. The number of hydrogen-bond donors (Lipinski definition) is 0. The Morgan fingerprint density at radius 1 is 0.266 bits per heavy atom. The Bertz CT molecular complexity index is 3780. The van der Waals surface area contributed by atoms with Gasteiger partial charge in [-0.1, -0.05) is 109 Å². The fourth-order valence-electron chi connectivity index (χ4n) is 11.5. The van der Waals surface area contributed by atoms with Crippen molar-refractivity contribution < 1.29 is 9.47 Å². The van der Waals surface area contributed by atoms with Gasteiger partial charge in [0.2, 0.25) is 0 Å². The summed E-state index contributed by atoms with van der Waals surface area (Å²) in [6, 6.07) is 68.4. The van der Waals surface area contributed by atoms with Crippen molar-refractivity contribution in [2.75, 3.05) is 13.2 Å². The lowest BCUT2D eigenvalue weighted by Gasteiger charge is -2.19. The number of ether oxygens (including phenoxy) is 2. The lowest BCUT2D eigenvalue weighted by Crippen LogP contribution is -1.94. The molecule has 0 N–H and O–H groups in total. The minimum absolute atomic E-state index is 0.610. The van der Waals surface area contributed by atoms with E-state index in [1.807, 2.05) is 0 Å². The van der Waals surface area contributed by atoms with Gasteiger partial charge < -0.3 is 9.47 Å². The second-order valence-corrected chi connectivity index (χ2v) is 17.5. The molecular weight excluding hydrogens is 777 g/mol. The minimum atomic E-state index is 0.610. The molecule has 0 saturated carbocycles. The van der Waals surface area contributed by atoms with Crippen LogP contribution in [0.5, 0.6) is 11.5 Å². The fourth-order valence-corrected chi connectivity index (χ4v) is 11.5. The molecule has 0 heterocycles. The highest BCUT2D eigenvalue weighted by Gasteiger charge is 2.28. The first-order valence-corrected chi connectivity index (χ1v) is 22.6. The van der Waals surface area contributed by atoms with Crippen molar-refractivity contribution in [1.82, 2.24) is 0 Å². The van der Waals surface area contributed by atoms with Gasteiger partial charge in [-0.25, -0.2) is 0 Å². The van der Waals surface area contributed by atoms with Crippen molar-refractivity contribution in [3.63, 3.8) is 0 Å². The molecule has 0 fully saturated rings. The summed E-state index contributed by atoms with van der Waals surface area (Å²) in [5, 5.41) is 17.8. The predicted octanol–water partition coefficient (Wildman–Crippen LogP) is 17.2. The van der Waals surface area contributed by atoms with E-state index in [4.69, 9.17) is 9.47 Å². The van der Waals surface area contributed by atoms with E-state index in [9.17, 15) is 0 Å². The summed E-state index contributed by atoms with van der Waals surface area (Å²) in [4.78, 5) is 0. The van der Waals surface area contributed by atoms with Crippen molar-refractivity contribution in [3.8, 4) is 78.3 Å². The van der Waals surface area contributed by atoms with Gasteiger partial charge in [0.15, 0.2) is 0 Å². The molecule has 0 amide bonds. The van der Waals surface area contributed by atoms with Crippen molar-refractivity contribution in [2.45, 2.75) is 13.8 Å². The van der Waals surface area contributed by atoms with Crippen LogP contribution in [0.25, 0.3) is 142 Å². The third-order valence-corrected chi connectivity index (χ3v) is 14.2. The van der Waals surface area contributed by atoms with Crippen LogP contribution in [0.4, 0.5) is 0 Å². The lowest BCUT2D eigenvalue weighted by molar-refractivity contribution is 0.340. The average Bonchev–Trinajstić information content (AvgIpc) is 3.82. The largest absolute Gasteiger partial charge is 0.494 e. The van der Waals surface area contributed by atoms with Gasteiger partial charge in [-0.3, -0.25) is 0 Å². The molecule has 0 spiro atoms. The van der Waals surface area contributed by atoms with Gasteiger partial charge in [-0.05, 0) is 229 Å². The van der Waals surface area contributed by atoms with E-state index in [1.54, 1.807) is 0 Å². The highest BCUT2D eigenvalue weighted by Crippen LogP contribution is 2.55. The molecule has 2 aliphatic carbocycles. The molecule has 0 atom stereocenters. The van der Waals surface area contributed by atoms with E-state index in [0.717, 1.165) is 22.6 Å². The van der Waals surface area contributed by atoms with E-state index in [-0.39, 0.29) is 0 Å². The second-order valence-electron chi connectivity index (χ2n) is 17.5. The highest BCUT2D eigenvalue weighted by molar-refractivity contribution is 6.31. The Morgan fingerprint density at radius 2 is 0.641 bits per heavy atom. The van der Waals surface area contributed by atoms with Crippen LogP contribution < -0.4 is 9.47 Å². The van der Waals surface area contributed by atoms with Crippen LogP contribution in [0.2, 0.25) is 0 Å². The average molecular weight is 817 g/mol. The number of rotatable bonds is 6. The first-order valence-electron chi connectivity index (χ1n) is 22.6. The zero-order valence-corrected chi connectivity index (χ0v) is 35.6. The van der Waals surface area contributed by atoms with Gasteiger partial charge in [0.1, 0.15) is 11.5 Å². The molecule has 14 rings (SSSR count). The highest BCUT2D eigenvalue weighted by atomic mass is 16.5. The summed E-state index contributed by atoms with van der Waals surface area (Å²) >= 11 is 0. The summed E-state index contributed by atoms with van der Waals surface area (Å²) in [5.41, 5.74) is 15.0. The third-order valence-electron chi connectivity index (χ3n) is 14.2. The molecule has 0 aliphatic heterocycles. The SMILES string of the molecule is CCOc1cccc(-c2cc3c4cc5c(cc4c(-c4cccc(OCC)c4)cc3c3cc4c(cc23)-c2cc3ccccc3c3cccc-4c23)-c2cc3ccccc3c3cccc-5c23)c1. The van der Waals surface area contributed by atoms with E-state index < -0.39 is 0 Å². The molecule has 0 radical (unpaired) electrons. The first kappa shape index (κ1) is 35.6.